The van der Waals surface area contributed by atoms with Gasteiger partial charge in [-0.05, 0) is 38.3 Å². The van der Waals surface area contributed by atoms with Crippen LogP contribution in [0.3, 0.4) is 0 Å². The summed E-state index contributed by atoms with van der Waals surface area (Å²) in [6.07, 6.45) is 1.83. The summed E-state index contributed by atoms with van der Waals surface area (Å²) in [6.45, 7) is 3.56. The van der Waals surface area contributed by atoms with Crippen molar-refractivity contribution in [2.45, 2.75) is 32.2 Å². The fourth-order valence-electron chi connectivity index (χ4n) is 2.13. The van der Waals surface area contributed by atoms with Gasteiger partial charge in [0.25, 0.3) is 0 Å². The first-order valence-electron chi connectivity index (χ1n) is 6.33. The Morgan fingerprint density at radius 1 is 1.32 bits per heavy atom. The molecule has 1 aliphatic rings. The highest BCUT2D eigenvalue weighted by Crippen LogP contribution is 2.26. The number of carboxylic acids is 1. The number of hydrogen-bond donors (Lipinski definition) is 2. The number of fused-ring (bicyclic) bond motifs is 1. The number of aliphatic carboxylic acids is 1. The zero-order valence-electron chi connectivity index (χ0n) is 11.1. The van der Waals surface area contributed by atoms with Crippen LogP contribution in [0.1, 0.15) is 25.8 Å². The quantitative estimate of drug-likeness (QED) is 0.856. The number of carbonyl (C=O) groups excluding carboxylic acids is 1. The van der Waals surface area contributed by atoms with Gasteiger partial charge < -0.3 is 10.4 Å². The standard InChI is InChI=1S/C14H18N2O3/c1-14(2,12(17)18)15-13(19)16-9-5-7-10-6-3-4-8-11(10)16/h3-4,6,8H,5,7,9H2,1-2H3,(H,15,19)(H,17,18). The zero-order valence-corrected chi connectivity index (χ0v) is 11.1. The van der Waals surface area contributed by atoms with E-state index < -0.39 is 11.5 Å². The first-order chi connectivity index (χ1) is 8.92. The van der Waals surface area contributed by atoms with E-state index in [0.29, 0.717) is 6.54 Å². The molecule has 5 nitrogen and oxygen atoms in total. The molecule has 5 heteroatoms. The first-order valence-corrected chi connectivity index (χ1v) is 6.33. The molecule has 0 spiro atoms. The van der Waals surface area contributed by atoms with E-state index in [2.05, 4.69) is 5.32 Å². The molecular weight excluding hydrogens is 244 g/mol. The molecule has 2 N–H and O–H groups in total. The Kier molecular flexibility index (Phi) is 3.46. The number of nitrogens with zero attached hydrogens (tertiary/aromatic N) is 1. The van der Waals surface area contributed by atoms with E-state index in [9.17, 15) is 9.59 Å². The zero-order chi connectivity index (χ0) is 14.0. The van der Waals surface area contributed by atoms with E-state index in [-0.39, 0.29) is 6.03 Å². The second kappa shape index (κ2) is 4.91. The predicted octanol–water partition coefficient (Wildman–Crippen LogP) is 2.01. The van der Waals surface area contributed by atoms with E-state index in [1.807, 2.05) is 24.3 Å². The van der Waals surface area contributed by atoms with Gasteiger partial charge in [-0.2, -0.15) is 0 Å². The molecule has 0 unspecified atom stereocenters. The van der Waals surface area contributed by atoms with Crippen LogP contribution in [-0.4, -0.2) is 29.2 Å². The fourth-order valence-corrected chi connectivity index (χ4v) is 2.13. The predicted molar refractivity (Wildman–Crippen MR) is 72.4 cm³/mol. The van der Waals surface area contributed by atoms with Crippen LogP contribution in [0.15, 0.2) is 24.3 Å². The van der Waals surface area contributed by atoms with Crippen molar-refractivity contribution in [1.82, 2.24) is 5.32 Å². The topological polar surface area (TPSA) is 69.6 Å². The van der Waals surface area contributed by atoms with Crippen LogP contribution in [-0.2, 0) is 11.2 Å². The molecule has 0 radical (unpaired) electrons. The van der Waals surface area contributed by atoms with Crippen LogP contribution < -0.4 is 10.2 Å². The van der Waals surface area contributed by atoms with Crippen molar-refractivity contribution in [2.24, 2.45) is 0 Å². The second-order valence-corrected chi connectivity index (χ2v) is 5.24. The lowest BCUT2D eigenvalue weighted by atomic mass is 10.0. The minimum atomic E-state index is -1.27. The molecule has 0 saturated carbocycles. The van der Waals surface area contributed by atoms with Gasteiger partial charge in [0.15, 0.2) is 0 Å². The molecular formula is C14H18N2O3. The molecule has 0 atom stereocenters. The van der Waals surface area contributed by atoms with Gasteiger partial charge in [-0.15, -0.1) is 0 Å². The lowest BCUT2D eigenvalue weighted by Gasteiger charge is -2.32. The van der Waals surface area contributed by atoms with Crippen LogP contribution in [0.25, 0.3) is 0 Å². The van der Waals surface area contributed by atoms with Gasteiger partial charge in [-0.1, -0.05) is 18.2 Å². The summed E-state index contributed by atoms with van der Waals surface area (Å²) >= 11 is 0. The van der Waals surface area contributed by atoms with Gasteiger partial charge in [0.05, 0.1) is 0 Å². The van der Waals surface area contributed by atoms with Crippen molar-refractivity contribution in [3.63, 3.8) is 0 Å². The minimum Gasteiger partial charge on any atom is -0.480 e. The number of amides is 2. The number of benzene rings is 1. The summed E-state index contributed by atoms with van der Waals surface area (Å²) in [7, 11) is 0. The molecule has 1 heterocycles. The van der Waals surface area contributed by atoms with Crippen LogP contribution in [0, 0.1) is 0 Å². The summed E-state index contributed by atoms with van der Waals surface area (Å²) in [5, 5.41) is 11.6. The van der Waals surface area contributed by atoms with E-state index in [0.717, 1.165) is 24.1 Å². The number of anilines is 1. The average molecular weight is 262 g/mol. The lowest BCUT2D eigenvalue weighted by molar-refractivity contribution is -0.142. The van der Waals surface area contributed by atoms with E-state index >= 15 is 0 Å². The number of rotatable bonds is 2. The molecule has 0 fully saturated rings. The lowest BCUT2D eigenvalue weighted by Crippen LogP contribution is -2.55. The molecule has 2 amide bonds. The summed E-state index contributed by atoms with van der Waals surface area (Å²) in [6, 6.07) is 7.35. The molecule has 102 valence electrons. The van der Waals surface area contributed by atoms with Crippen LogP contribution in [0.4, 0.5) is 10.5 Å². The molecule has 1 aromatic carbocycles. The summed E-state index contributed by atoms with van der Waals surface area (Å²) < 4.78 is 0. The number of carbonyl (C=O) groups is 2. The van der Waals surface area contributed by atoms with Gasteiger partial charge in [-0.25, -0.2) is 9.59 Å². The third-order valence-electron chi connectivity index (χ3n) is 3.31. The normalized spacial score (nSPS) is 14.7. The molecule has 0 saturated heterocycles. The van der Waals surface area contributed by atoms with Gasteiger partial charge in [0.2, 0.25) is 0 Å². The summed E-state index contributed by atoms with van der Waals surface area (Å²) in [4.78, 5) is 24.9. The molecule has 0 aromatic heterocycles. The first kappa shape index (κ1) is 13.4. The molecule has 1 aliphatic heterocycles. The van der Waals surface area contributed by atoms with Crippen LogP contribution >= 0.6 is 0 Å². The summed E-state index contributed by atoms with van der Waals surface area (Å²) in [5.74, 6) is -1.05. The van der Waals surface area contributed by atoms with Gasteiger partial charge in [-0.3, -0.25) is 4.90 Å². The third kappa shape index (κ3) is 2.70. The van der Waals surface area contributed by atoms with Crippen molar-refractivity contribution in [2.75, 3.05) is 11.4 Å². The maximum Gasteiger partial charge on any atom is 0.328 e. The number of para-hydroxylation sites is 1. The Hall–Kier alpha value is -2.04. The van der Waals surface area contributed by atoms with Crippen molar-refractivity contribution in [1.29, 1.82) is 0 Å². The van der Waals surface area contributed by atoms with Crippen molar-refractivity contribution in [3.8, 4) is 0 Å². The number of urea groups is 1. The van der Waals surface area contributed by atoms with Crippen molar-refractivity contribution >= 4 is 17.7 Å². The monoisotopic (exact) mass is 262 g/mol. The van der Waals surface area contributed by atoms with E-state index in [1.54, 1.807) is 4.90 Å². The van der Waals surface area contributed by atoms with E-state index in [1.165, 1.54) is 13.8 Å². The molecule has 0 bridgehead atoms. The van der Waals surface area contributed by atoms with Crippen molar-refractivity contribution < 1.29 is 14.7 Å². The van der Waals surface area contributed by atoms with Gasteiger partial charge >= 0.3 is 12.0 Å². The Bertz CT molecular complexity index is 511. The average Bonchev–Trinajstić information content (AvgIpc) is 2.37. The highest BCUT2D eigenvalue weighted by Gasteiger charge is 2.32. The maximum absolute atomic E-state index is 12.2. The molecule has 19 heavy (non-hydrogen) atoms. The minimum absolute atomic E-state index is 0.362. The number of aryl methyl sites for hydroxylation is 1. The molecule has 1 aromatic rings. The highest BCUT2D eigenvalue weighted by atomic mass is 16.4. The SMILES string of the molecule is CC(C)(NC(=O)N1CCCc2ccccc21)C(=O)O. The fraction of sp³-hybridized carbons (Fsp3) is 0.429. The van der Waals surface area contributed by atoms with Gasteiger partial charge in [0.1, 0.15) is 5.54 Å². The number of nitrogens with one attached hydrogen (secondary N) is 1. The number of carboxylic acid groups (broad SMARTS) is 1. The number of hydrogen-bond acceptors (Lipinski definition) is 2. The Labute approximate surface area is 112 Å². The smallest absolute Gasteiger partial charge is 0.328 e. The van der Waals surface area contributed by atoms with Gasteiger partial charge in [0, 0.05) is 12.2 Å². The van der Waals surface area contributed by atoms with Crippen LogP contribution in [0.2, 0.25) is 0 Å². The van der Waals surface area contributed by atoms with E-state index in [4.69, 9.17) is 5.11 Å². The Morgan fingerprint density at radius 3 is 2.68 bits per heavy atom. The van der Waals surface area contributed by atoms with Crippen LogP contribution in [0.5, 0.6) is 0 Å². The maximum atomic E-state index is 12.2. The highest BCUT2D eigenvalue weighted by molar-refractivity contribution is 5.96. The molecule has 0 aliphatic carbocycles. The molecule has 2 rings (SSSR count). The van der Waals surface area contributed by atoms with Crippen molar-refractivity contribution in [3.05, 3.63) is 29.8 Å². The Morgan fingerprint density at radius 2 is 2.00 bits per heavy atom. The second-order valence-electron chi connectivity index (χ2n) is 5.24. The largest absolute Gasteiger partial charge is 0.480 e. The Balaban J connectivity index is 2.20. The third-order valence-corrected chi connectivity index (χ3v) is 3.31. The summed E-state index contributed by atoms with van der Waals surface area (Å²) in [5.41, 5.74) is 0.716.